The summed E-state index contributed by atoms with van der Waals surface area (Å²) in [6.07, 6.45) is 7.72. The molecule has 4 nitrogen and oxygen atoms in total. The maximum absolute atomic E-state index is 12.0. The highest BCUT2D eigenvalue weighted by Gasteiger charge is 2.34. The molecule has 1 saturated carbocycles. The standard InChI is InChI=1S/C16H26N2O2S/c1-4-20-14(19)16(2,3)13-11-21-15(18-13)17-12-9-7-5-6-8-10-12/h11-12H,4-10H2,1-3H3,(H,17,18). The van der Waals surface area contributed by atoms with Crippen LogP contribution in [0.2, 0.25) is 0 Å². The third-order valence-corrected chi connectivity index (χ3v) is 4.89. The summed E-state index contributed by atoms with van der Waals surface area (Å²) in [4.78, 5) is 16.6. The van der Waals surface area contributed by atoms with Crippen LogP contribution < -0.4 is 5.32 Å². The van der Waals surface area contributed by atoms with E-state index in [2.05, 4.69) is 10.3 Å². The second-order valence-corrected chi connectivity index (χ2v) is 7.07. The molecule has 1 aliphatic rings. The predicted octanol–water partition coefficient (Wildman–Crippen LogP) is 4.12. The molecule has 0 aromatic carbocycles. The average molecular weight is 310 g/mol. The van der Waals surface area contributed by atoms with Gasteiger partial charge in [-0.25, -0.2) is 4.98 Å². The smallest absolute Gasteiger partial charge is 0.317 e. The van der Waals surface area contributed by atoms with Crippen molar-refractivity contribution in [3.8, 4) is 0 Å². The van der Waals surface area contributed by atoms with Crippen molar-refractivity contribution in [2.45, 2.75) is 70.8 Å². The molecule has 1 aromatic rings. The van der Waals surface area contributed by atoms with Gasteiger partial charge in [-0.2, -0.15) is 0 Å². The van der Waals surface area contributed by atoms with Crippen LogP contribution in [0.5, 0.6) is 0 Å². The van der Waals surface area contributed by atoms with Crippen LogP contribution >= 0.6 is 11.3 Å². The maximum atomic E-state index is 12.0. The Labute approximate surface area is 131 Å². The highest BCUT2D eigenvalue weighted by Crippen LogP contribution is 2.30. The highest BCUT2D eigenvalue weighted by molar-refractivity contribution is 7.13. The minimum Gasteiger partial charge on any atom is -0.465 e. The van der Waals surface area contributed by atoms with Gasteiger partial charge in [-0.15, -0.1) is 11.3 Å². The fourth-order valence-corrected chi connectivity index (χ4v) is 3.60. The summed E-state index contributed by atoms with van der Waals surface area (Å²) in [5, 5.41) is 6.43. The van der Waals surface area contributed by atoms with Gasteiger partial charge in [0.05, 0.1) is 12.3 Å². The molecular formula is C16H26N2O2S. The molecule has 118 valence electrons. The van der Waals surface area contributed by atoms with E-state index in [1.807, 2.05) is 26.2 Å². The molecular weight excluding hydrogens is 284 g/mol. The lowest BCUT2D eigenvalue weighted by molar-refractivity contribution is -0.148. The van der Waals surface area contributed by atoms with Crippen molar-refractivity contribution in [1.29, 1.82) is 0 Å². The quantitative estimate of drug-likeness (QED) is 0.656. The summed E-state index contributed by atoms with van der Waals surface area (Å²) in [6, 6.07) is 0.525. The minimum atomic E-state index is -0.685. The van der Waals surface area contributed by atoms with Gasteiger partial charge in [-0.3, -0.25) is 4.79 Å². The number of esters is 1. The fraction of sp³-hybridized carbons (Fsp3) is 0.750. The Kier molecular flexibility index (Phi) is 5.62. The van der Waals surface area contributed by atoms with E-state index < -0.39 is 5.41 Å². The fourth-order valence-electron chi connectivity index (χ4n) is 2.64. The Morgan fingerprint density at radius 3 is 2.67 bits per heavy atom. The first kappa shape index (κ1) is 16.3. The number of thiazole rings is 1. The predicted molar refractivity (Wildman–Crippen MR) is 86.9 cm³/mol. The van der Waals surface area contributed by atoms with Gasteiger partial charge in [-0.1, -0.05) is 25.7 Å². The number of anilines is 1. The van der Waals surface area contributed by atoms with Crippen molar-refractivity contribution in [3.05, 3.63) is 11.1 Å². The monoisotopic (exact) mass is 310 g/mol. The third kappa shape index (κ3) is 4.19. The molecule has 0 atom stereocenters. The topological polar surface area (TPSA) is 51.2 Å². The Hall–Kier alpha value is -1.10. The highest BCUT2D eigenvalue weighted by atomic mass is 32.1. The molecule has 1 fully saturated rings. The summed E-state index contributed by atoms with van der Waals surface area (Å²) in [5.41, 5.74) is 0.109. The molecule has 1 heterocycles. The second-order valence-electron chi connectivity index (χ2n) is 6.22. The first-order chi connectivity index (χ1) is 10.0. The number of rotatable bonds is 5. The van der Waals surface area contributed by atoms with E-state index in [1.165, 1.54) is 38.5 Å². The summed E-state index contributed by atoms with van der Waals surface area (Å²) < 4.78 is 5.14. The number of nitrogens with zero attached hydrogens (tertiary/aromatic N) is 1. The third-order valence-electron chi connectivity index (χ3n) is 4.11. The largest absolute Gasteiger partial charge is 0.465 e. The van der Waals surface area contributed by atoms with Gasteiger partial charge < -0.3 is 10.1 Å². The van der Waals surface area contributed by atoms with Crippen LogP contribution in [0.4, 0.5) is 5.13 Å². The van der Waals surface area contributed by atoms with Gasteiger partial charge in [0, 0.05) is 11.4 Å². The molecule has 2 rings (SSSR count). The summed E-state index contributed by atoms with van der Waals surface area (Å²) in [7, 11) is 0. The number of carbonyl (C=O) groups excluding carboxylic acids is 1. The minimum absolute atomic E-state index is 0.212. The van der Waals surface area contributed by atoms with Crippen LogP contribution in [0.25, 0.3) is 0 Å². The van der Waals surface area contributed by atoms with Gasteiger partial charge in [0.2, 0.25) is 0 Å². The Balaban J connectivity index is 2.01. The van der Waals surface area contributed by atoms with E-state index in [-0.39, 0.29) is 5.97 Å². The number of carbonyl (C=O) groups is 1. The molecule has 0 bridgehead atoms. The van der Waals surface area contributed by atoms with Crippen LogP contribution in [-0.2, 0) is 14.9 Å². The average Bonchev–Trinajstić information content (AvgIpc) is 2.77. The van der Waals surface area contributed by atoms with E-state index in [0.29, 0.717) is 12.6 Å². The lowest BCUT2D eigenvalue weighted by Gasteiger charge is -2.20. The van der Waals surface area contributed by atoms with Gasteiger partial charge in [0.1, 0.15) is 5.41 Å². The molecule has 1 aliphatic carbocycles. The van der Waals surface area contributed by atoms with E-state index in [1.54, 1.807) is 11.3 Å². The molecule has 0 unspecified atom stereocenters. The lowest BCUT2D eigenvalue weighted by atomic mass is 9.90. The number of nitrogens with one attached hydrogen (secondary N) is 1. The molecule has 5 heteroatoms. The van der Waals surface area contributed by atoms with E-state index in [9.17, 15) is 4.79 Å². The van der Waals surface area contributed by atoms with Gasteiger partial charge in [0.15, 0.2) is 5.13 Å². The van der Waals surface area contributed by atoms with Crippen LogP contribution in [0.15, 0.2) is 5.38 Å². The first-order valence-corrected chi connectivity index (χ1v) is 8.81. The van der Waals surface area contributed by atoms with Crippen molar-refractivity contribution in [2.24, 2.45) is 0 Å². The van der Waals surface area contributed by atoms with Gasteiger partial charge in [-0.05, 0) is 33.6 Å². The van der Waals surface area contributed by atoms with E-state index >= 15 is 0 Å². The maximum Gasteiger partial charge on any atom is 0.317 e. The molecule has 0 spiro atoms. The van der Waals surface area contributed by atoms with Crippen molar-refractivity contribution in [1.82, 2.24) is 4.98 Å². The van der Waals surface area contributed by atoms with Crippen molar-refractivity contribution >= 4 is 22.4 Å². The zero-order valence-electron chi connectivity index (χ0n) is 13.3. The molecule has 0 aliphatic heterocycles. The summed E-state index contributed by atoms with van der Waals surface area (Å²) in [5.74, 6) is -0.212. The molecule has 1 N–H and O–H groups in total. The Bertz CT molecular complexity index is 463. The zero-order valence-corrected chi connectivity index (χ0v) is 14.1. The van der Waals surface area contributed by atoms with E-state index in [0.717, 1.165) is 10.8 Å². The molecule has 1 aromatic heterocycles. The van der Waals surface area contributed by atoms with Crippen molar-refractivity contribution < 1.29 is 9.53 Å². The van der Waals surface area contributed by atoms with Crippen LogP contribution in [0.1, 0.15) is 65.0 Å². The van der Waals surface area contributed by atoms with Crippen LogP contribution in [0, 0.1) is 0 Å². The number of ether oxygens (including phenoxy) is 1. The molecule has 0 amide bonds. The summed E-state index contributed by atoms with van der Waals surface area (Å²) in [6.45, 7) is 5.97. The Morgan fingerprint density at radius 1 is 1.38 bits per heavy atom. The van der Waals surface area contributed by atoms with Crippen LogP contribution in [-0.4, -0.2) is 23.6 Å². The number of hydrogen-bond donors (Lipinski definition) is 1. The number of aromatic nitrogens is 1. The van der Waals surface area contributed by atoms with Gasteiger partial charge >= 0.3 is 5.97 Å². The Morgan fingerprint density at radius 2 is 2.05 bits per heavy atom. The summed E-state index contributed by atoms with van der Waals surface area (Å²) >= 11 is 1.58. The van der Waals surface area contributed by atoms with Crippen molar-refractivity contribution in [3.63, 3.8) is 0 Å². The second kappa shape index (κ2) is 7.25. The molecule has 0 saturated heterocycles. The van der Waals surface area contributed by atoms with E-state index in [4.69, 9.17) is 4.74 Å². The zero-order chi connectivity index (χ0) is 15.3. The lowest BCUT2D eigenvalue weighted by Crippen LogP contribution is -2.31. The molecule has 21 heavy (non-hydrogen) atoms. The van der Waals surface area contributed by atoms with Gasteiger partial charge in [0.25, 0.3) is 0 Å². The SMILES string of the molecule is CCOC(=O)C(C)(C)c1csc(NC2CCCCCC2)n1. The normalized spacial score (nSPS) is 17.3. The van der Waals surface area contributed by atoms with Crippen molar-refractivity contribution in [2.75, 3.05) is 11.9 Å². The number of hydrogen-bond acceptors (Lipinski definition) is 5. The molecule has 0 radical (unpaired) electrons. The van der Waals surface area contributed by atoms with Crippen LogP contribution in [0.3, 0.4) is 0 Å². The first-order valence-electron chi connectivity index (χ1n) is 7.93.